The van der Waals surface area contributed by atoms with Gasteiger partial charge in [-0.15, -0.1) is 0 Å². The van der Waals surface area contributed by atoms with Gasteiger partial charge in [-0.25, -0.2) is 0 Å². The third-order valence-corrected chi connectivity index (χ3v) is 4.11. The van der Waals surface area contributed by atoms with E-state index in [1.807, 2.05) is 30.3 Å². The number of carbonyl (C=O) groups excluding carboxylic acids is 1. The largest absolute Gasteiger partial charge is 0.493 e. The number of amides is 1. The first-order chi connectivity index (χ1) is 13.0. The molecule has 0 aliphatic heterocycles. The molecule has 0 saturated heterocycles. The summed E-state index contributed by atoms with van der Waals surface area (Å²) in [5.41, 5.74) is 1.86. The van der Waals surface area contributed by atoms with Crippen LogP contribution in [0.1, 0.15) is 24.0 Å². The van der Waals surface area contributed by atoms with E-state index in [-0.39, 0.29) is 18.7 Å². The van der Waals surface area contributed by atoms with Crippen LogP contribution in [0.25, 0.3) is 0 Å². The highest BCUT2D eigenvalue weighted by atomic mass is 35.5. The molecular weight excluding hydrogens is 370 g/mol. The summed E-state index contributed by atoms with van der Waals surface area (Å²) in [6.07, 6.45) is 0.319. The van der Waals surface area contributed by atoms with Crippen LogP contribution >= 0.6 is 11.6 Å². The minimum Gasteiger partial charge on any atom is -0.493 e. The number of nitrogens with one attached hydrogen (secondary N) is 1. The van der Waals surface area contributed by atoms with Crippen LogP contribution < -0.4 is 14.8 Å². The summed E-state index contributed by atoms with van der Waals surface area (Å²) >= 11 is 5.90. The van der Waals surface area contributed by atoms with E-state index in [4.69, 9.17) is 26.2 Å². The summed E-state index contributed by atoms with van der Waals surface area (Å²) in [5.74, 6) is -0.0480. The number of benzene rings is 2. The Bertz CT molecular complexity index is 776. The number of para-hydroxylation sites is 1. The molecule has 0 radical (unpaired) electrons. The van der Waals surface area contributed by atoms with Crippen LogP contribution in [-0.2, 0) is 22.6 Å². The van der Waals surface area contributed by atoms with Crippen molar-refractivity contribution in [2.24, 2.45) is 0 Å². The summed E-state index contributed by atoms with van der Waals surface area (Å²) < 4.78 is 11.4. The Kier molecular flexibility index (Phi) is 7.95. The van der Waals surface area contributed by atoms with Gasteiger partial charge in [-0.1, -0.05) is 35.9 Å². The number of ether oxygens (including phenoxy) is 2. The molecule has 2 N–H and O–H groups in total. The van der Waals surface area contributed by atoms with Gasteiger partial charge in [-0.05, 0) is 35.7 Å². The lowest BCUT2D eigenvalue weighted by molar-refractivity contribution is -0.138. The highest BCUT2D eigenvalue weighted by Crippen LogP contribution is 2.32. The summed E-state index contributed by atoms with van der Waals surface area (Å²) in [4.78, 5) is 22.1. The zero-order valence-corrected chi connectivity index (χ0v) is 15.8. The molecule has 2 rings (SSSR count). The number of aliphatic carboxylic acids is 1. The molecule has 0 aliphatic carbocycles. The topological polar surface area (TPSA) is 84.9 Å². The predicted octanol–water partition coefficient (Wildman–Crippen LogP) is 3.45. The van der Waals surface area contributed by atoms with Crippen LogP contribution in [-0.4, -0.2) is 30.6 Å². The number of carbonyl (C=O) groups is 2. The molecule has 0 spiro atoms. The first-order valence-corrected chi connectivity index (χ1v) is 8.89. The number of hydrogen-bond donors (Lipinski definition) is 2. The Balaban J connectivity index is 1.98. The van der Waals surface area contributed by atoms with Crippen molar-refractivity contribution in [2.45, 2.75) is 25.9 Å². The minimum absolute atomic E-state index is 0.0344. The standard InChI is InChI=1S/C20H22ClNO5/c1-26-17-4-2-3-15(11-12-22-18(23)9-10-19(24)25)20(17)27-13-14-5-7-16(21)8-6-14/h2-8H,9-13H2,1H3,(H,22,23)(H,24,25). The first-order valence-electron chi connectivity index (χ1n) is 8.51. The van der Waals surface area contributed by atoms with Gasteiger partial charge in [0.25, 0.3) is 0 Å². The van der Waals surface area contributed by atoms with E-state index in [0.717, 1.165) is 11.1 Å². The van der Waals surface area contributed by atoms with Crippen LogP contribution in [0.3, 0.4) is 0 Å². The van der Waals surface area contributed by atoms with Crippen molar-refractivity contribution in [3.8, 4) is 11.5 Å². The monoisotopic (exact) mass is 391 g/mol. The van der Waals surface area contributed by atoms with E-state index in [2.05, 4.69) is 5.32 Å². The van der Waals surface area contributed by atoms with Gasteiger partial charge in [0.05, 0.1) is 13.5 Å². The van der Waals surface area contributed by atoms with Gasteiger partial charge < -0.3 is 19.9 Å². The van der Waals surface area contributed by atoms with Crippen molar-refractivity contribution in [2.75, 3.05) is 13.7 Å². The van der Waals surface area contributed by atoms with E-state index in [1.165, 1.54) is 0 Å². The smallest absolute Gasteiger partial charge is 0.303 e. The van der Waals surface area contributed by atoms with Crippen LogP contribution in [0, 0.1) is 0 Å². The summed E-state index contributed by atoms with van der Waals surface area (Å²) in [7, 11) is 1.57. The molecule has 0 heterocycles. The lowest BCUT2D eigenvalue weighted by Gasteiger charge is -2.15. The Hall–Kier alpha value is -2.73. The number of halogens is 1. The van der Waals surface area contributed by atoms with Crippen molar-refractivity contribution in [3.63, 3.8) is 0 Å². The molecule has 144 valence electrons. The van der Waals surface area contributed by atoms with Crippen molar-refractivity contribution >= 4 is 23.5 Å². The predicted molar refractivity (Wildman–Crippen MR) is 102 cm³/mol. The SMILES string of the molecule is COc1cccc(CCNC(=O)CCC(=O)O)c1OCc1ccc(Cl)cc1. The Morgan fingerprint density at radius 2 is 1.85 bits per heavy atom. The Morgan fingerprint density at radius 1 is 1.11 bits per heavy atom. The molecule has 0 fully saturated rings. The molecule has 7 heteroatoms. The molecule has 0 saturated carbocycles. The average molecular weight is 392 g/mol. The molecule has 0 aliphatic rings. The fourth-order valence-electron chi connectivity index (χ4n) is 2.46. The lowest BCUT2D eigenvalue weighted by atomic mass is 10.1. The molecule has 27 heavy (non-hydrogen) atoms. The van der Waals surface area contributed by atoms with Crippen LogP contribution in [0.4, 0.5) is 0 Å². The second kappa shape index (κ2) is 10.4. The van der Waals surface area contributed by atoms with E-state index in [9.17, 15) is 9.59 Å². The summed E-state index contributed by atoms with van der Waals surface area (Å²) in [5, 5.41) is 12.0. The van der Waals surface area contributed by atoms with Crippen molar-refractivity contribution < 1.29 is 24.2 Å². The molecule has 0 unspecified atom stereocenters. The number of carboxylic acids is 1. The normalized spacial score (nSPS) is 10.3. The maximum Gasteiger partial charge on any atom is 0.303 e. The van der Waals surface area contributed by atoms with E-state index < -0.39 is 5.97 Å². The average Bonchev–Trinajstić information content (AvgIpc) is 2.66. The molecular formula is C20H22ClNO5. The van der Waals surface area contributed by atoms with Crippen molar-refractivity contribution in [3.05, 3.63) is 58.6 Å². The maximum atomic E-state index is 11.6. The third kappa shape index (κ3) is 6.83. The molecule has 1 amide bonds. The Morgan fingerprint density at radius 3 is 2.52 bits per heavy atom. The van der Waals surface area contributed by atoms with Gasteiger partial charge in [0.15, 0.2) is 11.5 Å². The fraction of sp³-hybridized carbons (Fsp3) is 0.300. The summed E-state index contributed by atoms with van der Waals surface area (Å²) in [6, 6.07) is 13.0. The van der Waals surface area contributed by atoms with Crippen molar-refractivity contribution in [1.29, 1.82) is 0 Å². The molecule has 2 aromatic rings. The molecule has 2 aromatic carbocycles. The highest BCUT2D eigenvalue weighted by molar-refractivity contribution is 6.30. The summed E-state index contributed by atoms with van der Waals surface area (Å²) in [6.45, 7) is 0.735. The minimum atomic E-state index is -0.990. The second-order valence-electron chi connectivity index (χ2n) is 5.86. The molecule has 0 atom stereocenters. The second-order valence-corrected chi connectivity index (χ2v) is 6.29. The molecule has 0 aromatic heterocycles. The maximum absolute atomic E-state index is 11.6. The van der Waals surface area contributed by atoms with Crippen LogP contribution in [0.5, 0.6) is 11.5 Å². The number of rotatable bonds is 10. The van der Waals surface area contributed by atoms with Gasteiger partial charge in [0.1, 0.15) is 6.61 Å². The van der Waals surface area contributed by atoms with Gasteiger partial charge in [0.2, 0.25) is 5.91 Å². The van der Waals surface area contributed by atoms with Crippen molar-refractivity contribution in [1.82, 2.24) is 5.32 Å². The van der Waals surface area contributed by atoms with E-state index >= 15 is 0 Å². The number of hydrogen-bond acceptors (Lipinski definition) is 4. The Labute approximate surface area is 163 Å². The van der Waals surface area contributed by atoms with Gasteiger partial charge in [0, 0.05) is 18.0 Å². The zero-order valence-electron chi connectivity index (χ0n) is 15.0. The van der Waals surface area contributed by atoms with E-state index in [0.29, 0.717) is 36.1 Å². The number of methoxy groups -OCH3 is 1. The number of carboxylic acid groups (broad SMARTS) is 1. The lowest BCUT2D eigenvalue weighted by Crippen LogP contribution is -2.26. The highest BCUT2D eigenvalue weighted by Gasteiger charge is 2.12. The van der Waals surface area contributed by atoms with Gasteiger partial charge in [-0.3, -0.25) is 9.59 Å². The van der Waals surface area contributed by atoms with Crippen LogP contribution in [0.2, 0.25) is 5.02 Å². The van der Waals surface area contributed by atoms with Gasteiger partial charge in [-0.2, -0.15) is 0 Å². The first kappa shape index (κ1) is 20.6. The van der Waals surface area contributed by atoms with Gasteiger partial charge >= 0.3 is 5.97 Å². The zero-order chi connectivity index (χ0) is 19.6. The van der Waals surface area contributed by atoms with E-state index in [1.54, 1.807) is 19.2 Å². The van der Waals surface area contributed by atoms with Crippen LogP contribution in [0.15, 0.2) is 42.5 Å². The molecule has 0 bridgehead atoms. The molecule has 6 nitrogen and oxygen atoms in total. The third-order valence-electron chi connectivity index (χ3n) is 3.86. The quantitative estimate of drug-likeness (QED) is 0.648. The fourth-order valence-corrected chi connectivity index (χ4v) is 2.59.